The van der Waals surface area contributed by atoms with Crippen molar-refractivity contribution >= 4 is 5.91 Å². The third-order valence-electron chi connectivity index (χ3n) is 4.61. The van der Waals surface area contributed by atoms with Gasteiger partial charge in [-0.15, -0.1) is 0 Å². The summed E-state index contributed by atoms with van der Waals surface area (Å²) in [6.07, 6.45) is 3.05. The van der Waals surface area contributed by atoms with Crippen molar-refractivity contribution in [2.45, 2.75) is 37.8 Å². The Morgan fingerprint density at radius 3 is 2.86 bits per heavy atom. The minimum atomic E-state index is -0.508. The predicted molar refractivity (Wildman–Crippen MR) is 77.1 cm³/mol. The van der Waals surface area contributed by atoms with Crippen molar-refractivity contribution in [3.63, 3.8) is 0 Å². The van der Waals surface area contributed by atoms with Crippen molar-refractivity contribution in [1.29, 1.82) is 0 Å². The molecule has 0 bridgehead atoms. The van der Waals surface area contributed by atoms with Gasteiger partial charge in [0.1, 0.15) is 5.82 Å². The summed E-state index contributed by atoms with van der Waals surface area (Å²) in [6.45, 7) is 1.34. The van der Waals surface area contributed by atoms with Gasteiger partial charge in [-0.3, -0.25) is 4.79 Å². The molecule has 1 saturated heterocycles. The van der Waals surface area contributed by atoms with E-state index in [2.05, 4.69) is 5.32 Å². The highest BCUT2D eigenvalue weighted by atomic mass is 19.1. The first-order valence-corrected chi connectivity index (χ1v) is 7.58. The maximum Gasteiger partial charge on any atom is 0.237 e. The molecule has 0 aromatic heterocycles. The Kier molecular flexibility index (Phi) is 4.22. The van der Waals surface area contributed by atoms with Crippen LogP contribution in [0.15, 0.2) is 18.2 Å². The van der Waals surface area contributed by atoms with E-state index >= 15 is 0 Å². The zero-order chi connectivity index (χ0) is 14.8. The Balaban J connectivity index is 1.65. The summed E-state index contributed by atoms with van der Waals surface area (Å²) < 4.78 is 19.0. The van der Waals surface area contributed by atoms with Crippen molar-refractivity contribution in [1.82, 2.24) is 5.32 Å². The molecule has 1 amide bonds. The first-order valence-electron chi connectivity index (χ1n) is 7.58. The lowest BCUT2D eigenvalue weighted by Gasteiger charge is -2.28. The van der Waals surface area contributed by atoms with Crippen LogP contribution in [0.1, 0.15) is 36.4 Å². The second-order valence-electron chi connectivity index (χ2n) is 5.88. The first kappa shape index (κ1) is 14.5. The highest BCUT2D eigenvalue weighted by molar-refractivity contribution is 5.82. The van der Waals surface area contributed by atoms with Crippen LogP contribution in [0.3, 0.4) is 0 Å². The number of hydrogen-bond donors (Lipinski definition) is 2. The van der Waals surface area contributed by atoms with E-state index in [1.54, 1.807) is 6.07 Å². The Bertz CT molecular complexity index is 529. The average molecular weight is 292 g/mol. The highest BCUT2D eigenvalue weighted by Gasteiger charge is 2.31. The van der Waals surface area contributed by atoms with E-state index in [1.807, 2.05) is 6.07 Å². The van der Waals surface area contributed by atoms with E-state index in [9.17, 15) is 9.18 Å². The number of carbonyl (C=O) groups excluding carboxylic acids is 1. The van der Waals surface area contributed by atoms with E-state index < -0.39 is 6.04 Å². The fourth-order valence-electron chi connectivity index (χ4n) is 3.32. The standard InChI is InChI=1S/C16H21FN2O2/c17-13-3-1-2-12-11(13)4-5-14(12)19-16(20)15(18)10-6-8-21-9-7-10/h1-3,10,14-15H,4-9,18H2,(H,19,20). The van der Waals surface area contributed by atoms with Crippen LogP contribution < -0.4 is 11.1 Å². The molecule has 1 aliphatic heterocycles. The molecule has 21 heavy (non-hydrogen) atoms. The Labute approximate surface area is 123 Å². The lowest BCUT2D eigenvalue weighted by Crippen LogP contribution is -2.47. The molecule has 0 saturated carbocycles. The zero-order valence-electron chi connectivity index (χ0n) is 12.0. The molecule has 114 valence electrons. The van der Waals surface area contributed by atoms with Gasteiger partial charge in [-0.25, -0.2) is 4.39 Å². The largest absolute Gasteiger partial charge is 0.381 e. The fraction of sp³-hybridized carbons (Fsp3) is 0.562. The van der Waals surface area contributed by atoms with E-state index in [4.69, 9.17) is 10.5 Å². The molecule has 1 fully saturated rings. The summed E-state index contributed by atoms with van der Waals surface area (Å²) in [7, 11) is 0. The topological polar surface area (TPSA) is 64.4 Å². The lowest BCUT2D eigenvalue weighted by molar-refractivity contribution is -0.125. The van der Waals surface area contributed by atoms with Crippen LogP contribution >= 0.6 is 0 Å². The summed E-state index contributed by atoms with van der Waals surface area (Å²) in [4.78, 5) is 12.3. The number of ether oxygens (including phenoxy) is 1. The van der Waals surface area contributed by atoms with E-state index in [0.29, 0.717) is 19.6 Å². The zero-order valence-corrected chi connectivity index (χ0v) is 12.0. The number of carbonyl (C=O) groups is 1. The normalized spacial score (nSPS) is 23.6. The van der Waals surface area contributed by atoms with E-state index in [1.165, 1.54) is 6.07 Å². The number of halogens is 1. The Hall–Kier alpha value is -1.46. The van der Waals surface area contributed by atoms with Crippen LogP contribution in [-0.2, 0) is 16.0 Å². The van der Waals surface area contributed by atoms with Gasteiger partial charge in [0.05, 0.1) is 12.1 Å². The lowest BCUT2D eigenvalue weighted by atomic mass is 9.91. The molecular formula is C16H21FN2O2. The van der Waals surface area contributed by atoms with Gasteiger partial charge in [-0.2, -0.15) is 0 Å². The minimum Gasteiger partial charge on any atom is -0.381 e. The fourth-order valence-corrected chi connectivity index (χ4v) is 3.32. The SMILES string of the molecule is NC(C(=O)NC1CCc2c(F)cccc21)C1CCOCC1. The highest BCUT2D eigenvalue weighted by Crippen LogP contribution is 2.32. The van der Waals surface area contributed by atoms with Crippen molar-refractivity contribution < 1.29 is 13.9 Å². The van der Waals surface area contributed by atoms with Crippen molar-refractivity contribution in [3.05, 3.63) is 35.1 Å². The Morgan fingerprint density at radius 2 is 2.10 bits per heavy atom. The molecule has 3 rings (SSSR count). The summed E-state index contributed by atoms with van der Waals surface area (Å²) in [5, 5.41) is 2.99. The molecule has 1 aromatic rings. The van der Waals surface area contributed by atoms with Gasteiger partial charge in [0, 0.05) is 13.2 Å². The molecular weight excluding hydrogens is 271 g/mol. The minimum absolute atomic E-state index is 0.117. The molecule has 2 aliphatic rings. The number of rotatable bonds is 3. The van der Waals surface area contributed by atoms with Gasteiger partial charge in [-0.05, 0) is 48.8 Å². The number of fused-ring (bicyclic) bond motifs is 1. The van der Waals surface area contributed by atoms with E-state index in [-0.39, 0.29) is 23.7 Å². The summed E-state index contributed by atoms with van der Waals surface area (Å²) in [5.41, 5.74) is 7.69. The van der Waals surface area contributed by atoms with Gasteiger partial charge in [0.2, 0.25) is 5.91 Å². The van der Waals surface area contributed by atoms with Crippen molar-refractivity contribution in [2.24, 2.45) is 11.7 Å². The van der Waals surface area contributed by atoms with Gasteiger partial charge >= 0.3 is 0 Å². The van der Waals surface area contributed by atoms with Crippen LogP contribution in [0.25, 0.3) is 0 Å². The number of nitrogens with two attached hydrogens (primary N) is 1. The quantitative estimate of drug-likeness (QED) is 0.891. The number of benzene rings is 1. The Morgan fingerprint density at radius 1 is 1.33 bits per heavy atom. The molecule has 5 heteroatoms. The number of nitrogens with one attached hydrogen (secondary N) is 1. The second kappa shape index (κ2) is 6.12. The molecule has 0 spiro atoms. The van der Waals surface area contributed by atoms with Gasteiger partial charge in [0.25, 0.3) is 0 Å². The van der Waals surface area contributed by atoms with Crippen LogP contribution in [0, 0.1) is 11.7 Å². The third-order valence-corrected chi connectivity index (χ3v) is 4.61. The monoisotopic (exact) mass is 292 g/mol. The summed E-state index contributed by atoms with van der Waals surface area (Å²) in [5.74, 6) is -0.144. The van der Waals surface area contributed by atoms with Gasteiger partial charge in [0.15, 0.2) is 0 Å². The maximum absolute atomic E-state index is 13.7. The molecule has 4 nitrogen and oxygen atoms in total. The molecule has 3 N–H and O–H groups in total. The van der Waals surface area contributed by atoms with Crippen molar-refractivity contribution in [2.75, 3.05) is 13.2 Å². The molecule has 2 unspecified atom stereocenters. The molecule has 1 heterocycles. The van der Waals surface area contributed by atoms with Crippen LogP contribution in [0.5, 0.6) is 0 Å². The van der Waals surface area contributed by atoms with Crippen molar-refractivity contribution in [3.8, 4) is 0 Å². The number of amides is 1. The summed E-state index contributed by atoms with van der Waals surface area (Å²) in [6, 6.07) is 4.42. The molecule has 2 atom stereocenters. The number of hydrogen-bond acceptors (Lipinski definition) is 3. The van der Waals surface area contributed by atoms with Gasteiger partial charge < -0.3 is 15.8 Å². The second-order valence-corrected chi connectivity index (χ2v) is 5.88. The van der Waals surface area contributed by atoms with E-state index in [0.717, 1.165) is 30.4 Å². The summed E-state index contributed by atoms with van der Waals surface area (Å²) >= 11 is 0. The van der Waals surface area contributed by atoms with Crippen LogP contribution in [0.4, 0.5) is 4.39 Å². The first-order chi connectivity index (χ1) is 10.2. The third kappa shape index (κ3) is 2.94. The average Bonchev–Trinajstić information content (AvgIpc) is 2.92. The molecule has 0 radical (unpaired) electrons. The molecule has 1 aliphatic carbocycles. The van der Waals surface area contributed by atoms with Crippen LogP contribution in [0.2, 0.25) is 0 Å². The van der Waals surface area contributed by atoms with Gasteiger partial charge in [-0.1, -0.05) is 12.1 Å². The van der Waals surface area contributed by atoms with Crippen LogP contribution in [-0.4, -0.2) is 25.2 Å². The maximum atomic E-state index is 13.7. The smallest absolute Gasteiger partial charge is 0.237 e. The predicted octanol–water partition coefficient (Wildman–Crippen LogP) is 1.68. The molecule has 1 aromatic carbocycles.